The first kappa shape index (κ1) is 20.4. The zero-order valence-electron chi connectivity index (χ0n) is 15.9. The molecule has 0 spiro atoms. The van der Waals surface area contributed by atoms with Crippen LogP contribution in [0, 0.1) is 0 Å². The summed E-state index contributed by atoms with van der Waals surface area (Å²) in [5.74, 6) is 1.78. The van der Waals surface area contributed by atoms with Gasteiger partial charge in [0.2, 0.25) is 0 Å². The van der Waals surface area contributed by atoms with Crippen molar-refractivity contribution in [3.05, 3.63) is 96.1 Å². The first-order valence-electron chi connectivity index (χ1n) is 9.73. The van der Waals surface area contributed by atoms with Gasteiger partial charge in [0, 0.05) is 24.2 Å². The van der Waals surface area contributed by atoms with E-state index in [1.807, 2.05) is 42.5 Å². The average Bonchev–Trinajstić information content (AvgIpc) is 2.75. The van der Waals surface area contributed by atoms with E-state index in [4.69, 9.17) is 4.74 Å². The maximum Gasteiger partial charge on any atom is 0.131 e. The lowest BCUT2D eigenvalue weighted by atomic mass is 9.92. The molecule has 0 aromatic heterocycles. The number of hydrogen-bond donors (Lipinski definition) is 2. The zero-order chi connectivity index (χ0) is 18.3. The van der Waals surface area contributed by atoms with E-state index in [0.717, 1.165) is 24.6 Å². The Labute approximate surface area is 173 Å². The lowest BCUT2D eigenvalue weighted by Crippen LogP contribution is -2.45. The van der Waals surface area contributed by atoms with Crippen LogP contribution in [0.3, 0.4) is 0 Å². The van der Waals surface area contributed by atoms with Crippen LogP contribution in [0.4, 0.5) is 0 Å². The fourth-order valence-electron chi connectivity index (χ4n) is 3.72. The first-order valence-corrected chi connectivity index (χ1v) is 9.73. The molecule has 146 valence electrons. The minimum absolute atomic E-state index is 0. The molecule has 0 unspecified atom stereocenters. The molecule has 3 aromatic rings. The molecule has 0 bridgehead atoms. The van der Waals surface area contributed by atoms with Crippen LogP contribution in [0.15, 0.2) is 84.9 Å². The molecule has 1 aliphatic heterocycles. The van der Waals surface area contributed by atoms with Gasteiger partial charge in [-0.3, -0.25) is 0 Å². The van der Waals surface area contributed by atoms with Crippen molar-refractivity contribution in [2.75, 3.05) is 6.54 Å². The van der Waals surface area contributed by atoms with Gasteiger partial charge in [-0.25, -0.2) is 0 Å². The third-order valence-electron chi connectivity index (χ3n) is 5.12. The third-order valence-corrected chi connectivity index (χ3v) is 5.12. The molecular weight excluding hydrogens is 368 g/mol. The largest absolute Gasteiger partial charge is 0.457 e. The summed E-state index contributed by atoms with van der Waals surface area (Å²) in [6.07, 6.45) is 2.37. The summed E-state index contributed by atoms with van der Waals surface area (Å²) in [6.45, 7) is 1.87. The smallest absolute Gasteiger partial charge is 0.131 e. The Morgan fingerprint density at radius 3 is 2.32 bits per heavy atom. The van der Waals surface area contributed by atoms with E-state index in [2.05, 4.69) is 53.1 Å². The van der Waals surface area contributed by atoms with Crippen LogP contribution in [-0.4, -0.2) is 12.6 Å². The molecule has 4 heteroatoms. The molecule has 0 amide bonds. The third kappa shape index (κ3) is 5.14. The van der Waals surface area contributed by atoms with Crippen LogP contribution in [0.1, 0.15) is 30.0 Å². The number of nitrogens with one attached hydrogen (secondary N) is 2. The number of ether oxygens (including phenoxy) is 1. The van der Waals surface area contributed by atoms with Crippen LogP contribution in [0.5, 0.6) is 11.5 Å². The molecular formula is C24H27ClN2O. The Hall–Kier alpha value is -2.33. The summed E-state index contributed by atoms with van der Waals surface area (Å²) >= 11 is 0. The number of para-hydroxylation sites is 2. The maximum atomic E-state index is 6.11. The van der Waals surface area contributed by atoms with E-state index in [-0.39, 0.29) is 12.4 Å². The van der Waals surface area contributed by atoms with E-state index in [9.17, 15) is 0 Å². The Bertz CT molecular complexity index is 841. The molecule has 2 atom stereocenters. The Morgan fingerprint density at radius 2 is 1.54 bits per heavy atom. The lowest BCUT2D eigenvalue weighted by Gasteiger charge is -2.34. The molecule has 2 N–H and O–H groups in total. The molecule has 0 saturated carbocycles. The second-order valence-corrected chi connectivity index (χ2v) is 6.99. The molecule has 3 nitrogen and oxygen atoms in total. The summed E-state index contributed by atoms with van der Waals surface area (Å²) in [6, 6.07) is 29.7. The van der Waals surface area contributed by atoms with Gasteiger partial charge in [-0.1, -0.05) is 66.7 Å². The van der Waals surface area contributed by atoms with Crippen LogP contribution in [0.25, 0.3) is 0 Å². The zero-order valence-corrected chi connectivity index (χ0v) is 16.7. The number of piperidine rings is 1. The lowest BCUT2D eigenvalue weighted by molar-refractivity contribution is 0.303. The van der Waals surface area contributed by atoms with Crippen LogP contribution >= 0.6 is 12.4 Å². The Morgan fingerprint density at radius 1 is 0.857 bits per heavy atom. The highest BCUT2D eigenvalue weighted by molar-refractivity contribution is 5.85. The van der Waals surface area contributed by atoms with Crippen molar-refractivity contribution < 1.29 is 4.74 Å². The van der Waals surface area contributed by atoms with Crippen LogP contribution in [0.2, 0.25) is 0 Å². The van der Waals surface area contributed by atoms with Gasteiger partial charge in [0.1, 0.15) is 11.5 Å². The number of hydrogen-bond acceptors (Lipinski definition) is 3. The van der Waals surface area contributed by atoms with E-state index in [1.165, 1.54) is 24.0 Å². The van der Waals surface area contributed by atoms with Gasteiger partial charge in [-0.15, -0.1) is 12.4 Å². The summed E-state index contributed by atoms with van der Waals surface area (Å²) in [5.41, 5.74) is 2.53. The van der Waals surface area contributed by atoms with Gasteiger partial charge in [0.25, 0.3) is 0 Å². The summed E-state index contributed by atoms with van der Waals surface area (Å²) in [5, 5.41) is 7.45. The van der Waals surface area contributed by atoms with E-state index < -0.39 is 0 Å². The van der Waals surface area contributed by atoms with E-state index >= 15 is 0 Å². The van der Waals surface area contributed by atoms with Crippen molar-refractivity contribution in [2.24, 2.45) is 0 Å². The van der Waals surface area contributed by atoms with Crippen molar-refractivity contribution in [3.8, 4) is 11.5 Å². The summed E-state index contributed by atoms with van der Waals surface area (Å²) in [7, 11) is 0. The maximum absolute atomic E-state index is 6.11. The van der Waals surface area contributed by atoms with Gasteiger partial charge in [-0.05, 0) is 43.1 Å². The van der Waals surface area contributed by atoms with Crippen molar-refractivity contribution in [3.63, 3.8) is 0 Å². The van der Waals surface area contributed by atoms with Gasteiger partial charge in [0.15, 0.2) is 0 Å². The SMILES string of the molecule is Cl.c1ccc(Oc2ccccc2CN[C@@H]2CCCN[C@@H]2c2ccccc2)cc1. The predicted octanol–water partition coefficient (Wildman–Crippen LogP) is 5.48. The number of rotatable bonds is 6. The fourth-order valence-corrected chi connectivity index (χ4v) is 3.72. The Kier molecular flexibility index (Phi) is 7.49. The van der Waals surface area contributed by atoms with E-state index in [1.54, 1.807) is 0 Å². The van der Waals surface area contributed by atoms with Gasteiger partial charge in [0.05, 0.1) is 0 Å². The topological polar surface area (TPSA) is 33.3 Å². The van der Waals surface area contributed by atoms with Gasteiger partial charge in [-0.2, -0.15) is 0 Å². The van der Waals surface area contributed by atoms with Crippen molar-refractivity contribution >= 4 is 12.4 Å². The Balaban J connectivity index is 0.00000225. The van der Waals surface area contributed by atoms with Crippen LogP contribution < -0.4 is 15.4 Å². The highest BCUT2D eigenvalue weighted by Gasteiger charge is 2.25. The predicted molar refractivity (Wildman–Crippen MR) is 117 cm³/mol. The molecule has 0 aliphatic carbocycles. The highest BCUT2D eigenvalue weighted by atomic mass is 35.5. The minimum Gasteiger partial charge on any atom is -0.457 e. The van der Waals surface area contributed by atoms with Crippen LogP contribution in [-0.2, 0) is 6.54 Å². The number of halogens is 1. The standard InChI is InChI=1S/C24H26N2O.ClH/c1-3-10-19(11-4-1)24-22(15-9-17-25-24)26-18-20-12-7-8-16-23(20)27-21-13-5-2-6-14-21;/h1-8,10-14,16,22,24-26H,9,15,17-18H2;1H/t22-,24-;/m1./s1. The second kappa shape index (κ2) is 10.3. The van der Waals surface area contributed by atoms with Crippen molar-refractivity contribution in [1.82, 2.24) is 10.6 Å². The highest BCUT2D eigenvalue weighted by Crippen LogP contribution is 2.27. The molecule has 0 radical (unpaired) electrons. The summed E-state index contributed by atoms with van der Waals surface area (Å²) in [4.78, 5) is 0. The second-order valence-electron chi connectivity index (χ2n) is 6.99. The minimum atomic E-state index is 0. The fraction of sp³-hybridized carbons (Fsp3) is 0.250. The van der Waals surface area contributed by atoms with Gasteiger partial charge < -0.3 is 15.4 Å². The number of benzene rings is 3. The monoisotopic (exact) mass is 394 g/mol. The molecule has 3 aromatic carbocycles. The molecule has 1 heterocycles. The first-order chi connectivity index (χ1) is 13.4. The molecule has 1 aliphatic rings. The molecule has 1 fully saturated rings. The van der Waals surface area contributed by atoms with Crippen molar-refractivity contribution in [2.45, 2.75) is 31.5 Å². The molecule has 4 rings (SSSR count). The molecule has 1 saturated heterocycles. The normalized spacial score (nSPS) is 18.9. The van der Waals surface area contributed by atoms with Gasteiger partial charge >= 0.3 is 0 Å². The van der Waals surface area contributed by atoms with E-state index in [0.29, 0.717) is 12.1 Å². The average molecular weight is 395 g/mol. The summed E-state index contributed by atoms with van der Waals surface area (Å²) < 4.78 is 6.11. The van der Waals surface area contributed by atoms with Crippen molar-refractivity contribution in [1.29, 1.82) is 0 Å². The quantitative estimate of drug-likeness (QED) is 0.580. The molecule has 28 heavy (non-hydrogen) atoms.